The van der Waals surface area contributed by atoms with Crippen LogP contribution >= 0.6 is 70.6 Å². The van der Waals surface area contributed by atoms with Gasteiger partial charge in [-0.2, -0.15) is 47.0 Å². The Labute approximate surface area is 244 Å². The number of thioether (sulfide) groups is 6. The Bertz CT molecular complexity index is 562. The Morgan fingerprint density at radius 3 is 1.51 bits per heavy atom. The average molecular weight is 643 g/mol. The van der Waals surface area contributed by atoms with Crippen molar-refractivity contribution >= 4 is 88.5 Å². The molecule has 0 bridgehead atoms. The molecule has 0 aromatic rings. The minimum atomic E-state index is -0.308. The summed E-state index contributed by atoms with van der Waals surface area (Å²) in [7, 11) is 0. The van der Waals surface area contributed by atoms with Gasteiger partial charge in [0.25, 0.3) is 0 Å². The first-order valence-electron chi connectivity index (χ1n) is 11.5. The van der Waals surface area contributed by atoms with Gasteiger partial charge in [-0.25, -0.2) is 9.78 Å². The minimum Gasteiger partial charge on any atom is -0.463 e. The molecule has 16 heteroatoms. The SMILES string of the molecule is O=C(CCSCSCCCOOCSCSCOC(=O)CCSCSCCC(=O)OCCO)OCCO. The summed E-state index contributed by atoms with van der Waals surface area (Å²) in [5.41, 5.74) is 0. The van der Waals surface area contributed by atoms with Crippen molar-refractivity contribution in [3.8, 4) is 0 Å². The Morgan fingerprint density at radius 2 is 0.973 bits per heavy atom. The van der Waals surface area contributed by atoms with Gasteiger partial charge < -0.3 is 24.4 Å². The van der Waals surface area contributed by atoms with Crippen LogP contribution in [-0.4, -0.2) is 111 Å². The zero-order valence-electron chi connectivity index (χ0n) is 20.8. The molecule has 0 aromatic carbocycles. The van der Waals surface area contributed by atoms with Crippen molar-refractivity contribution in [2.24, 2.45) is 0 Å². The van der Waals surface area contributed by atoms with E-state index in [2.05, 4.69) is 0 Å². The third-order valence-electron chi connectivity index (χ3n) is 3.59. The van der Waals surface area contributed by atoms with Crippen LogP contribution < -0.4 is 0 Å². The number of esters is 3. The number of carbonyl (C=O) groups is 3. The molecule has 2 N–H and O–H groups in total. The first-order chi connectivity index (χ1) is 18.1. The Kier molecular flexibility index (Phi) is 31.2. The maximum atomic E-state index is 11.7. The van der Waals surface area contributed by atoms with Gasteiger partial charge in [0.05, 0.1) is 39.1 Å². The lowest BCUT2D eigenvalue weighted by molar-refractivity contribution is -0.278. The third-order valence-corrected chi connectivity index (χ3v) is 10.2. The molecule has 218 valence electrons. The van der Waals surface area contributed by atoms with E-state index >= 15 is 0 Å². The van der Waals surface area contributed by atoms with E-state index in [4.69, 9.17) is 34.2 Å². The van der Waals surface area contributed by atoms with Crippen LogP contribution in [0.3, 0.4) is 0 Å². The van der Waals surface area contributed by atoms with Crippen LogP contribution in [0, 0.1) is 0 Å². The van der Waals surface area contributed by atoms with Gasteiger partial charge in [0.2, 0.25) is 0 Å². The summed E-state index contributed by atoms with van der Waals surface area (Å²) in [6.07, 6.45) is 1.90. The van der Waals surface area contributed by atoms with Crippen LogP contribution in [0.1, 0.15) is 25.7 Å². The molecule has 0 radical (unpaired) electrons. The van der Waals surface area contributed by atoms with E-state index in [1.165, 1.54) is 23.5 Å². The lowest BCUT2D eigenvalue weighted by atomic mass is 10.5. The number of hydrogen-bond acceptors (Lipinski definition) is 16. The van der Waals surface area contributed by atoms with Gasteiger partial charge in [-0.15, -0.1) is 23.5 Å². The summed E-state index contributed by atoms with van der Waals surface area (Å²) < 4.78 is 14.7. The largest absolute Gasteiger partial charge is 0.463 e. The zero-order valence-corrected chi connectivity index (χ0v) is 25.7. The van der Waals surface area contributed by atoms with Gasteiger partial charge in [0.1, 0.15) is 25.1 Å². The number of hydrogen-bond donors (Lipinski definition) is 2. The predicted octanol–water partition coefficient (Wildman–Crippen LogP) is 3.30. The molecule has 0 aromatic heterocycles. The third kappa shape index (κ3) is 30.7. The van der Waals surface area contributed by atoms with Crippen molar-refractivity contribution in [3.63, 3.8) is 0 Å². The molecule has 0 spiro atoms. The van der Waals surface area contributed by atoms with Crippen molar-refractivity contribution in [2.75, 3.05) is 83.2 Å². The summed E-state index contributed by atoms with van der Waals surface area (Å²) in [5, 5.41) is 19.6. The van der Waals surface area contributed by atoms with E-state index in [1.807, 2.05) is 0 Å². The van der Waals surface area contributed by atoms with Crippen molar-refractivity contribution in [2.45, 2.75) is 25.7 Å². The molecule has 0 aliphatic heterocycles. The van der Waals surface area contributed by atoms with Crippen LogP contribution in [0.15, 0.2) is 0 Å². The standard InChI is InChI=1S/C21H38O10S6/c22-5-8-27-19(24)2-11-33-16-32-10-1-7-30-31-15-37-18-36-14-29-21(26)4-13-35-17-34-12-3-20(25)28-9-6-23/h22-23H,1-18H2. The molecule has 0 aliphatic carbocycles. The average Bonchev–Trinajstić information content (AvgIpc) is 2.89. The maximum absolute atomic E-state index is 11.7. The Hall–Kier alpha value is 0.350. The molecule has 0 rings (SSSR count). The highest BCUT2D eigenvalue weighted by Gasteiger charge is 2.05. The minimum absolute atomic E-state index is 0.0404. The first-order valence-corrected chi connectivity index (χ1v) is 18.4. The van der Waals surface area contributed by atoms with Crippen LogP contribution in [0.25, 0.3) is 0 Å². The molecule has 0 amide bonds. The molecule has 0 unspecified atom stereocenters. The molecule has 0 fully saturated rings. The summed E-state index contributed by atoms with van der Waals surface area (Å²) in [5.74, 6) is 2.88. The van der Waals surface area contributed by atoms with Gasteiger partial charge in [-0.05, 0) is 12.2 Å². The van der Waals surface area contributed by atoms with E-state index in [0.717, 1.165) is 27.4 Å². The number of carbonyl (C=O) groups excluding carboxylic acids is 3. The number of ether oxygens (including phenoxy) is 3. The monoisotopic (exact) mass is 642 g/mol. The van der Waals surface area contributed by atoms with Gasteiger partial charge in [-0.3, -0.25) is 14.4 Å². The van der Waals surface area contributed by atoms with Gasteiger partial charge in [-0.1, -0.05) is 0 Å². The van der Waals surface area contributed by atoms with E-state index < -0.39 is 0 Å². The number of rotatable bonds is 28. The fraction of sp³-hybridized carbons (Fsp3) is 0.857. The summed E-state index contributed by atoms with van der Waals surface area (Å²) in [6, 6.07) is 0. The second kappa shape index (κ2) is 30.9. The molecule has 0 saturated heterocycles. The van der Waals surface area contributed by atoms with Gasteiger partial charge in [0, 0.05) is 32.5 Å². The Balaban J connectivity index is 3.22. The molecule has 37 heavy (non-hydrogen) atoms. The van der Waals surface area contributed by atoms with Crippen LogP contribution in [-0.2, 0) is 38.4 Å². The summed E-state index contributed by atoms with van der Waals surface area (Å²) in [6.45, 7) is 0.316. The normalized spacial score (nSPS) is 10.9. The predicted molar refractivity (Wildman–Crippen MR) is 157 cm³/mol. The lowest BCUT2D eigenvalue weighted by Gasteiger charge is -2.06. The lowest BCUT2D eigenvalue weighted by Crippen LogP contribution is -2.09. The number of aliphatic hydroxyl groups excluding tert-OH is 2. The topological polar surface area (TPSA) is 138 Å². The molecule has 0 heterocycles. The van der Waals surface area contributed by atoms with Crippen molar-refractivity contribution in [1.82, 2.24) is 0 Å². The molecular weight excluding hydrogens is 605 g/mol. The molecule has 0 saturated carbocycles. The van der Waals surface area contributed by atoms with E-state index in [-0.39, 0.29) is 44.3 Å². The smallest absolute Gasteiger partial charge is 0.307 e. The van der Waals surface area contributed by atoms with Crippen molar-refractivity contribution < 1.29 is 48.6 Å². The summed E-state index contributed by atoms with van der Waals surface area (Å²) >= 11 is 9.71. The van der Waals surface area contributed by atoms with E-state index in [9.17, 15) is 14.4 Å². The Morgan fingerprint density at radius 1 is 0.514 bits per heavy atom. The van der Waals surface area contributed by atoms with Gasteiger partial charge >= 0.3 is 17.9 Å². The van der Waals surface area contributed by atoms with Crippen molar-refractivity contribution in [3.05, 3.63) is 0 Å². The quantitative estimate of drug-likeness (QED) is 0.0322. The maximum Gasteiger partial charge on any atom is 0.307 e. The van der Waals surface area contributed by atoms with Crippen molar-refractivity contribution in [1.29, 1.82) is 0 Å². The summed E-state index contributed by atoms with van der Waals surface area (Å²) in [4.78, 5) is 44.4. The molecule has 10 nitrogen and oxygen atoms in total. The first kappa shape index (κ1) is 37.4. The number of aliphatic hydroxyl groups is 2. The molecule has 0 aliphatic rings. The highest BCUT2D eigenvalue weighted by atomic mass is 32.2. The second-order valence-corrected chi connectivity index (χ2v) is 14.0. The fourth-order valence-corrected chi connectivity index (χ4v) is 7.39. The van der Waals surface area contributed by atoms with Gasteiger partial charge in [0.15, 0.2) is 0 Å². The van der Waals surface area contributed by atoms with Crippen LogP contribution in [0.2, 0.25) is 0 Å². The highest BCUT2D eigenvalue weighted by Crippen LogP contribution is 2.16. The van der Waals surface area contributed by atoms with E-state index in [0.29, 0.717) is 55.0 Å². The molecular formula is C21H38O10S6. The van der Waals surface area contributed by atoms with E-state index in [1.54, 1.807) is 47.0 Å². The van der Waals surface area contributed by atoms with Crippen LogP contribution in [0.5, 0.6) is 0 Å². The highest BCUT2D eigenvalue weighted by molar-refractivity contribution is 8.16. The second-order valence-electron chi connectivity index (χ2n) is 6.58. The molecule has 0 atom stereocenters. The van der Waals surface area contributed by atoms with Crippen LogP contribution in [0.4, 0.5) is 0 Å². The zero-order chi connectivity index (χ0) is 27.2. The fourth-order valence-electron chi connectivity index (χ4n) is 1.94.